The van der Waals surface area contributed by atoms with Crippen LogP contribution in [0, 0.1) is 17.2 Å². The molecule has 1 aliphatic heterocycles. The molecule has 4 rings (SSSR count). The molecule has 2 fully saturated rings. The lowest BCUT2D eigenvalue weighted by atomic mass is 9.85. The number of rotatable bonds is 6. The maximum atomic E-state index is 12.8. The van der Waals surface area contributed by atoms with E-state index in [4.69, 9.17) is 21.6 Å². The lowest BCUT2D eigenvalue weighted by Gasteiger charge is -2.44. The van der Waals surface area contributed by atoms with E-state index in [0.29, 0.717) is 22.0 Å². The molecule has 1 saturated heterocycles. The van der Waals surface area contributed by atoms with E-state index < -0.39 is 0 Å². The van der Waals surface area contributed by atoms with Crippen LogP contribution in [0.4, 0.5) is 0 Å². The molecule has 0 radical (unpaired) electrons. The standard InChI is InChI=1S/C24H26ClN5O3/c25-20-12-18(4-3-17(20)14-26)33-19-5-6-21(28-24(32)22-2-1-9-27-29-22)23(13-19)30-10-7-16(15-31)8-11-30/h1-4,9,12,15-16,19,21,23H,5-8,10-11,13H2,(H,28,32)/t19-,21-,23-/m1/s1. The van der Waals surface area contributed by atoms with Gasteiger partial charge in [0.25, 0.3) is 5.91 Å². The normalized spacial score (nSPS) is 23.9. The van der Waals surface area contributed by atoms with E-state index in [2.05, 4.69) is 26.5 Å². The molecule has 172 valence electrons. The van der Waals surface area contributed by atoms with Gasteiger partial charge in [0.2, 0.25) is 0 Å². The minimum atomic E-state index is -0.237. The van der Waals surface area contributed by atoms with Crippen LogP contribution in [0.5, 0.6) is 5.75 Å². The van der Waals surface area contributed by atoms with E-state index in [9.17, 15) is 9.59 Å². The Kier molecular flexibility index (Phi) is 7.53. The third-order valence-corrected chi connectivity index (χ3v) is 6.80. The number of likely N-dealkylation sites (tertiary alicyclic amines) is 1. The second-order valence-electron chi connectivity index (χ2n) is 8.57. The summed E-state index contributed by atoms with van der Waals surface area (Å²) < 4.78 is 6.23. The van der Waals surface area contributed by atoms with Crippen molar-refractivity contribution in [2.45, 2.75) is 50.3 Å². The van der Waals surface area contributed by atoms with Crippen molar-refractivity contribution in [2.75, 3.05) is 13.1 Å². The number of ether oxygens (including phenoxy) is 1. The number of amides is 1. The molecule has 0 spiro atoms. The van der Waals surface area contributed by atoms with Crippen molar-refractivity contribution in [1.29, 1.82) is 5.26 Å². The summed E-state index contributed by atoms with van der Waals surface area (Å²) in [7, 11) is 0. The largest absolute Gasteiger partial charge is 0.490 e. The number of piperidine rings is 1. The van der Waals surface area contributed by atoms with Crippen LogP contribution in [0.2, 0.25) is 5.02 Å². The summed E-state index contributed by atoms with van der Waals surface area (Å²) in [5.41, 5.74) is 0.705. The summed E-state index contributed by atoms with van der Waals surface area (Å²) >= 11 is 6.17. The summed E-state index contributed by atoms with van der Waals surface area (Å²) in [5.74, 6) is 0.494. The SMILES string of the molecule is N#Cc1ccc(O[C@@H]2CC[C@@H](NC(=O)c3cccnn3)[C@H](N3CCC(C=O)CC3)C2)cc1Cl. The Labute approximate surface area is 197 Å². The first-order chi connectivity index (χ1) is 16.1. The van der Waals surface area contributed by atoms with Gasteiger partial charge in [-0.3, -0.25) is 9.69 Å². The molecule has 0 bridgehead atoms. The summed E-state index contributed by atoms with van der Waals surface area (Å²) in [4.78, 5) is 26.3. The molecule has 2 aliphatic rings. The molecule has 1 N–H and O–H groups in total. The van der Waals surface area contributed by atoms with E-state index in [1.54, 1.807) is 30.3 Å². The van der Waals surface area contributed by atoms with Gasteiger partial charge in [0.05, 0.1) is 10.6 Å². The fourth-order valence-corrected chi connectivity index (χ4v) is 4.91. The number of hydrogen-bond donors (Lipinski definition) is 1. The Morgan fingerprint density at radius 1 is 1.24 bits per heavy atom. The highest BCUT2D eigenvalue weighted by Crippen LogP contribution is 2.31. The lowest BCUT2D eigenvalue weighted by Crippen LogP contribution is -2.57. The number of nitrogens with zero attached hydrogens (tertiary/aromatic N) is 4. The Balaban J connectivity index is 1.47. The van der Waals surface area contributed by atoms with Crippen LogP contribution in [-0.4, -0.2) is 58.6 Å². The van der Waals surface area contributed by atoms with Gasteiger partial charge >= 0.3 is 0 Å². The summed E-state index contributed by atoms with van der Waals surface area (Å²) in [5, 5.41) is 20.3. The van der Waals surface area contributed by atoms with Gasteiger partial charge in [0, 0.05) is 36.7 Å². The number of benzene rings is 1. The smallest absolute Gasteiger partial charge is 0.272 e. The maximum Gasteiger partial charge on any atom is 0.272 e. The predicted octanol–water partition coefficient (Wildman–Crippen LogP) is 3.01. The second kappa shape index (κ2) is 10.7. The van der Waals surface area contributed by atoms with Crippen molar-refractivity contribution in [3.05, 3.63) is 52.8 Å². The minimum absolute atomic E-state index is 0.0486. The van der Waals surface area contributed by atoms with Crippen LogP contribution < -0.4 is 10.1 Å². The Morgan fingerprint density at radius 3 is 2.73 bits per heavy atom. The van der Waals surface area contributed by atoms with E-state index in [1.165, 1.54) is 6.20 Å². The highest BCUT2D eigenvalue weighted by molar-refractivity contribution is 6.31. The number of nitriles is 1. The number of carbonyl (C=O) groups is 2. The molecule has 8 nitrogen and oxygen atoms in total. The number of aldehydes is 1. The van der Waals surface area contributed by atoms with E-state index in [0.717, 1.165) is 51.5 Å². The monoisotopic (exact) mass is 467 g/mol. The fourth-order valence-electron chi connectivity index (χ4n) is 4.69. The highest BCUT2D eigenvalue weighted by atomic mass is 35.5. The Morgan fingerprint density at radius 2 is 2.06 bits per heavy atom. The van der Waals surface area contributed by atoms with Gasteiger partial charge in [-0.2, -0.15) is 10.4 Å². The summed E-state index contributed by atoms with van der Waals surface area (Å²) in [6, 6.07) is 10.5. The molecule has 2 heterocycles. The molecule has 1 aromatic heterocycles. The molecule has 9 heteroatoms. The van der Waals surface area contributed by atoms with Crippen LogP contribution >= 0.6 is 11.6 Å². The van der Waals surface area contributed by atoms with Crippen LogP contribution in [0.1, 0.15) is 48.2 Å². The third-order valence-electron chi connectivity index (χ3n) is 6.49. The quantitative estimate of drug-likeness (QED) is 0.650. The van der Waals surface area contributed by atoms with Crippen LogP contribution in [0.3, 0.4) is 0 Å². The fraction of sp³-hybridized carbons (Fsp3) is 0.458. The molecule has 1 amide bonds. The van der Waals surface area contributed by atoms with Gasteiger partial charge in [-0.1, -0.05) is 11.6 Å². The van der Waals surface area contributed by atoms with Crippen molar-refractivity contribution in [2.24, 2.45) is 5.92 Å². The van der Waals surface area contributed by atoms with Crippen molar-refractivity contribution >= 4 is 23.8 Å². The molecular weight excluding hydrogens is 442 g/mol. The van der Waals surface area contributed by atoms with Crippen LogP contribution in [0.25, 0.3) is 0 Å². The number of halogens is 1. The lowest BCUT2D eigenvalue weighted by molar-refractivity contribution is -0.112. The average molecular weight is 468 g/mol. The first-order valence-electron chi connectivity index (χ1n) is 11.2. The summed E-state index contributed by atoms with van der Waals surface area (Å²) in [6.07, 6.45) is 6.43. The predicted molar refractivity (Wildman–Crippen MR) is 122 cm³/mol. The minimum Gasteiger partial charge on any atom is -0.490 e. The number of carbonyl (C=O) groups excluding carboxylic acids is 2. The van der Waals surface area contributed by atoms with Crippen molar-refractivity contribution in [3.8, 4) is 11.8 Å². The Bertz CT molecular complexity index is 1020. The number of nitrogens with one attached hydrogen (secondary N) is 1. The van der Waals surface area contributed by atoms with Crippen molar-refractivity contribution in [3.63, 3.8) is 0 Å². The van der Waals surface area contributed by atoms with Crippen molar-refractivity contribution < 1.29 is 14.3 Å². The number of aromatic nitrogens is 2. The van der Waals surface area contributed by atoms with Gasteiger partial charge in [-0.15, -0.1) is 5.10 Å². The number of hydrogen-bond acceptors (Lipinski definition) is 7. The molecule has 1 aromatic carbocycles. The zero-order chi connectivity index (χ0) is 23.2. The summed E-state index contributed by atoms with van der Waals surface area (Å²) in [6.45, 7) is 1.61. The van der Waals surface area contributed by atoms with Gasteiger partial charge in [0.1, 0.15) is 24.2 Å². The molecule has 1 aliphatic carbocycles. The third kappa shape index (κ3) is 5.67. The molecule has 33 heavy (non-hydrogen) atoms. The molecular formula is C24H26ClN5O3. The van der Waals surface area contributed by atoms with Gasteiger partial charge in [-0.05, 0) is 63.0 Å². The topological polar surface area (TPSA) is 108 Å². The molecule has 0 unspecified atom stereocenters. The first-order valence-corrected chi connectivity index (χ1v) is 11.6. The zero-order valence-corrected chi connectivity index (χ0v) is 18.9. The van der Waals surface area contributed by atoms with E-state index in [-0.39, 0.29) is 30.0 Å². The Hall–Kier alpha value is -3.02. The second-order valence-corrected chi connectivity index (χ2v) is 8.98. The van der Waals surface area contributed by atoms with Gasteiger partial charge in [0.15, 0.2) is 5.69 Å². The molecule has 1 saturated carbocycles. The maximum absolute atomic E-state index is 12.8. The van der Waals surface area contributed by atoms with E-state index >= 15 is 0 Å². The average Bonchev–Trinajstić information content (AvgIpc) is 2.85. The van der Waals surface area contributed by atoms with E-state index in [1.807, 2.05) is 0 Å². The zero-order valence-electron chi connectivity index (χ0n) is 18.2. The van der Waals surface area contributed by atoms with Crippen LogP contribution in [0.15, 0.2) is 36.5 Å². The molecule has 3 atom stereocenters. The first kappa shape index (κ1) is 23.1. The molecule has 2 aromatic rings. The van der Waals surface area contributed by atoms with Crippen LogP contribution in [-0.2, 0) is 4.79 Å². The van der Waals surface area contributed by atoms with Gasteiger partial charge < -0.3 is 14.8 Å². The van der Waals surface area contributed by atoms with Crippen molar-refractivity contribution in [1.82, 2.24) is 20.4 Å². The highest BCUT2D eigenvalue weighted by Gasteiger charge is 2.38. The van der Waals surface area contributed by atoms with Gasteiger partial charge in [-0.25, -0.2) is 0 Å².